The van der Waals surface area contributed by atoms with Gasteiger partial charge in [-0.1, -0.05) is 17.7 Å². The lowest BCUT2D eigenvalue weighted by molar-refractivity contribution is 0.0625. The molecule has 1 aliphatic rings. The number of aromatic hydroxyl groups is 1. The molecule has 0 atom stereocenters. The Kier molecular flexibility index (Phi) is 4.79. The van der Waals surface area contributed by atoms with Crippen molar-refractivity contribution >= 4 is 17.5 Å². The van der Waals surface area contributed by atoms with Crippen LogP contribution in [0.4, 0.5) is 0 Å². The van der Waals surface area contributed by atoms with Crippen molar-refractivity contribution in [2.75, 3.05) is 26.2 Å². The van der Waals surface area contributed by atoms with Gasteiger partial charge in [0.15, 0.2) is 0 Å². The summed E-state index contributed by atoms with van der Waals surface area (Å²) in [6, 6.07) is 8.51. The van der Waals surface area contributed by atoms with E-state index >= 15 is 0 Å². The highest BCUT2D eigenvalue weighted by molar-refractivity contribution is 6.31. The van der Waals surface area contributed by atoms with Crippen LogP contribution < -0.4 is 0 Å². The Morgan fingerprint density at radius 1 is 1.22 bits per heavy atom. The molecule has 1 aliphatic heterocycles. The molecule has 120 valence electrons. The fourth-order valence-corrected chi connectivity index (χ4v) is 2.88. The molecule has 1 N–H and O–H groups in total. The summed E-state index contributed by atoms with van der Waals surface area (Å²) in [5, 5.41) is 10.3. The van der Waals surface area contributed by atoms with Crippen molar-refractivity contribution in [3.05, 3.63) is 58.9 Å². The lowest BCUT2D eigenvalue weighted by Crippen LogP contribution is -2.48. The summed E-state index contributed by atoms with van der Waals surface area (Å²) < 4.78 is 0. The maximum absolute atomic E-state index is 12.5. The molecule has 6 heteroatoms. The molecule has 1 saturated heterocycles. The van der Waals surface area contributed by atoms with E-state index < -0.39 is 0 Å². The Balaban J connectivity index is 1.60. The molecule has 1 aromatic carbocycles. The van der Waals surface area contributed by atoms with Crippen LogP contribution in [0.3, 0.4) is 0 Å². The van der Waals surface area contributed by atoms with Crippen LogP contribution in [0, 0.1) is 0 Å². The second-order valence-corrected chi connectivity index (χ2v) is 6.03. The highest BCUT2D eigenvalue weighted by atomic mass is 35.5. The number of hydrogen-bond donors (Lipinski definition) is 1. The number of carbonyl (C=O) groups is 1. The first-order chi connectivity index (χ1) is 11.1. The average molecular weight is 332 g/mol. The Morgan fingerprint density at radius 2 is 2.00 bits per heavy atom. The number of phenols is 1. The predicted molar refractivity (Wildman–Crippen MR) is 88.5 cm³/mol. The lowest BCUT2D eigenvalue weighted by atomic mass is 10.1. The monoisotopic (exact) mass is 331 g/mol. The molecule has 0 unspecified atom stereocenters. The van der Waals surface area contributed by atoms with Crippen molar-refractivity contribution < 1.29 is 9.90 Å². The Morgan fingerprint density at radius 3 is 2.70 bits per heavy atom. The number of halogens is 1. The molecule has 1 amide bonds. The zero-order valence-corrected chi connectivity index (χ0v) is 13.4. The third kappa shape index (κ3) is 3.81. The minimum absolute atomic E-state index is 0.0304. The molecule has 5 nitrogen and oxygen atoms in total. The first-order valence-electron chi connectivity index (χ1n) is 7.52. The zero-order chi connectivity index (χ0) is 16.2. The van der Waals surface area contributed by atoms with Crippen LogP contribution >= 0.6 is 11.6 Å². The lowest BCUT2D eigenvalue weighted by Gasteiger charge is -2.34. The van der Waals surface area contributed by atoms with Gasteiger partial charge >= 0.3 is 0 Å². The molecule has 0 aliphatic carbocycles. The molecule has 0 saturated carbocycles. The van der Waals surface area contributed by atoms with Crippen molar-refractivity contribution in [3.63, 3.8) is 0 Å². The van der Waals surface area contributed by atoms with Crippen LogP contribution in [-0.2, 0) is 6.54 Å². The summed E-state index contributed by atoms with van der Waals surface area (Å²) in [5.41, 5.74) is 1.43. The van der Waals surface area contributed by atoms with E-state index in [1.165, 1.54) is 17.7 Å². The summed E-state index contributed by atoms with van der Waals surface area (Å²) in [6.45, 7) is 3.68. The number of hydrogen-bond acceptors (Lipinski definition) is 4. The van der Waals surface area contributed by atoms with Crippen LogP contribution in [0.2, 0.25) is 5.02 Å². The molecular weight excluding hydrogens is 314 g/mol. The standard InChI is InChI=1S/C17H18ClN3O2/c18-14-3-4-16(22)15(10-14)17(23)21-8-6-20(7-9-21)12-13-2-1-5-19-11-13/h1-5,10-11,22H,6-9,12H2. The SMILES string of the molecule is O=C(c1cc(Cl)ccc1O)N1CCN(Cc2cccnc2)CC1. The molecule has 1 aromatic heterocycles. The van der Waals surface area contributed by atoms with Crippen molar-refractivity contribution in [2.45, 2.75) is 6.54 Å². The minimum atomic E-state index is -0.175. The van der Waals surface area contributed by atoms with Crippen LogP contribution in [-0.4, -0.2) is 52.0 Å². The maximum Gasteiger partial charge on any atom is 0.257 e. The fraction of sp³-hybridized carbons (Fsp3) is 0.294. The van der Waals surface area contributed by atoms with Crippen molar-refractivity contribution in [1.29, 1.82) is 0 Å². The van der Waals surface area contributed by atoms with Crippen LogP contribution in [0.15, 0.2) is 42.7 Å². The van der Waals surface area contributed by atoms with Gasteiger partial charge in [-0.3, -0.25) is 14.7 Å². The highest BCUT2D eigenvalue weighted by Gasteiger charge is 2.24. The molecule has 23 heavy (non-hydrogen) atoms. The van der Waals surface area contributed by atoms with Gasteiger partial charge in [-0.15, -0.1) is 0 Å². The molecule has 2 aromatic rings. The van der Waals surface area contributed by atoms with Crippen molar-refractivity contribution in [2.24, 2.45) is 0 Å². The van der Waals surface area contributed by atoms with Crippen molar-refractivity contribution in [3.8, 4) is 5.75 Å². The predicted octanol–water partition coefficient (Wildman–Crippen LogP) is 2.40. The molecule has 2 heterocycles. The largest absolute Gasteiger partial charge is 0.507 e. The van der Waals surface area contributed by atoms with Gasteiger partial charge in [-0.25, -0.2) is 0 Å². The van der Waals surface area contributed by atoms with E-state index in [1.807, 2.05) is 12.3 Å². The molecule has 3 rings (SSSR count). The third-order valence-electron chi connectivity index (χ3n) is 3.98. The molecule has 0 spiro atoms. The Labute approximate surface area is 140 Å². The maximum atomic E-state index is 12.5. The number of phenolic OH excluding ortho intramolecular Hbond substituents is 1. The number of benzene rings is 1. The van der Waals surface area contributed by atoms with E-state index in [4.69, 9.17) is 11.6 Å². The van der Waals surface area contributed by atoms with Gasteiger partial charge in [-0.05, 0) is 29.8 Å². The molecule has 0 bridgehead atoms. The average Bonchev–Trinajstić information content (AvgIpc) is 2.58. The first kappa shape index (κ1) is 15.8. The summed E-state index contributed by atoms with van der Waals surface area (Å²) in [4.78, 5) is 20.7. The number of nitrogens with zero attached hydrogens (tertiary/aromatic N) is 3. The summed E-state index contributed by atoms with van der Waals surface area (Å²) in [5.74, 6) is -0.205. The Bertz CT molecular complexity index is 685. The van der Waals surface area contributed by atoms with E-state index in [9.17, 15) is 9.90 Å². The van der Waals surface area contributed by atoms with Crippen LogP contribution in [0.25, 0.3) is 0 Å². The van der Waals surface area contributed by atoms with E-state index in [2.05, 4.69) is 16.0 Å². The van der Waals surface area contributed by atoms with Gasteiger partial charge in [0.2, 0.25) is 0 Å². The minimum Gasteiger partial charge on any atom is -0.507 e. The van der Waals surface area contributed by atoms with Gasteiger partial charge in [0.1, 0.15) is 5.75 Å². The second kappa shape index (κ2) is 6.98. The number of rotatable bonds is 3. The van der Waals surface area contributed by atoms with E-state index in [-0.39, 0.29) is 17.2 Å². The van der Waals surface area contributed by atoms with E-state index in [0.29, 0.717) is 18.1 Å². The number of piperazine rings is 1. The quantitative estimate of drug-likeness (QED) is 0.938. The molecule has 0 radical (unpaired) electrons. The first-order valence-corrected chi connectivity index (χ1v) is 7.90. The Hall–Kier alpha value is -2.11. The summed E-state index contributed by atoms with van der Waals surface area (Å²) in [7, 11) is 0. The third-order valence-corrected chi connectivity index (χ3v) is 4.21. The topological polar surface area (TPSA) is 56.7 Å². The number of carbonyl (C=O) groups excluding carboxylic acids is 1. The van der Waals surface area contributed by atoms with Crippen molar-refractivity contribution in [1.82, 2.24) is 14.8 Å². The second-order valence-electron chi connectivity index (χ2n) is 5.59. The van der Waals surface area contributed by atoms with Gasteiger partial charge in [-0.2, -0.15) is 0 Å². The van der Waals surface area contributed by atoms with Gasteiger partial charge in [0.25, 0.3) is 5.91 Å². The number of amides is 1. The fourth-order valence-electron chi connectivity index (χ4n) is 2.71. The molecular formula is C17H18ClN3O2. The molecule has 1 fully saturated rings. The van der Waals surface area contributed by atoms with Crippen LogP contribution in [0.5, 0.6) is 5.75 Å². The van der Waals surface area contributed by atoms with Gasteiger partial charge in [0, 0.05) is 50.1 Å². The normalized spacial score (nSPS) is 15.6. The number of aromatic nitrogens is 1. The van der Waals surface area contributed by atoms with E-state index in [0.717, 1.165) is 19.6 Å². The van der Waals surface area contributed by atoms with Crippen LogP contribution in [0.1, 0.15) is 15.9 Å². The summed E-state index contributed by atoms with van der Waals surface area (Å²) >= 11 is 5.92. The van der Waals surface area contributed by atoms with E-state index in [1.54, 1.807) is 17.2 Å². The summed E-state index contributed by atoms with van der Waals surface area (Å²) in [6.07, 6.45) is 3.62. The smallest absolute Gasteiger partial charge is 0.257 e. The highest BCUT2D eigenvalue weighted by Crippen LogP contribution is 2.23. The van der Waals surface area contributed by atoms with Gasteiger partial charge < -0.3 is 10.0 Å². The number of pyridine rings is 1. The van der Waals surface area contributed by atoms with Gasteiger partial charge in [0.05, 0.1) is 5.56 Å². The zero-order valence-electron chi connectivity index (χ0n) is 12.7.